The molecule has 0 heterocycles. The number of nitrogens with two attached hydrogens (primary N) is 1. The van der Waals surface area contributed by atoms with Crippen molar-refractivity contribution in [3.63, 3.8) is 0 Å². The number of aliphatic hydroxyl groups is 3. The second-order valence-electron chi connectivity index (χ2n) is 12.7. The van der Waals surface area contributed by atoms with Gasteiger partial charge >= 0.3 is 0 Å². The lowest BCUT2D eigenvalue weighted by Crippen LogP contribution is -2.63. The largest absolute Gasteiger partial charge is 0.510 e. The van der Waals surface area contributed by atoms with Gasteiger partial charge in [0.05, 0.1) is 23.8 Å². The number of benzene rings is 1. The number of hydrogen-bond acceptors (Lipinski definition) is 11. The predicted molar refractivity (Wildman–Crippen MR) is 162 cm³/mol. The van der Waals surface area contributed by atoms with E-state index in [1.165, 1.54) is 4.90 Å². The van der Waals surface area contributed by atoms with Crippen LogP contribution < -0.4 is 21.3 Å². The van der Waals surface area contributed by atoms with Crippen molar-refractivity contribution >= 4 is 47.2 Å². The number of allylic oxidation sites excluding steroid dienone is 1. The topological polar surface area (TPSA) is 206 Å². The van der Waals surface area contributed by atoms with Crippen molar-refractivity contribution in [2.75, 3.05) is 45.0 Å². The lowest BCUT2D eigenvalue weighted by Gasteiger charge is -2.50. The molecule has 236 valence electrons. The van der Waals surface area contributed by atoms with Crippen molar-refractivity contribution in [2.24, 2.45) is 17.6 Å². The number of hydrogen-bond donors (Lipinski definition) is 7. The highest BCUT2D eigenvalue weighted by Gasteiger charge is 2.63. The van der Waals surface area contributed by atoms with E-state index in [2.05, 4.69) is 10.6 Å². The summed E-state index contributed by atoms with van der Waals surface area (Å²) in [6, 6.07) is 0.487. The van der Waals surface area contributed by atoms with Crippen LogP contribution in [0.15, 0.2) is 28.7 Å². The molecule has 0 aromatic heterocycles. The van der Waals surface area contributed by atoms with E-state index in [1.54, 1.807) is 39.2 Å². The van der Waals surface area contributed by atoms with E-state index in [9.17, 15) is 39.6 Å². The Morgan fingerprint density at radius 2 is 1.72 bits per heavy atom. The molecule has 14 heteroatoms. The Kier molecular flexibility index (Phi) is 9.01. The number of primary amides is 1. The molecule has 8 N–H and O–H groups in total. The summed E-state index contributed by atoms with van der Waals surface area (Å²) >= 11 is 0. The number of ketones is 2. The molecule has 0 aliphatic heterocycles. The monoisotopic (exact) mass is 621 g/mol. The maximum atomic E-state index is 14.1. The lowest BCUT2D eigenvalue weighted by atomic mass is 9.58. The van der Waals surface area contributed by atoms with Crippen LogP contribution in [0.2, 0.25) is 0 Å². The van der Waals surface area contributed by atoms with Gasteiger partial charge in [0.25, 0.3) is 5.91 Å². The molecule has 43 heavy (non-hydrogen) atoms. The average molecular weight is 622 g/mol. The maximum absolute atomic E-state index is 14.1. The first-order valence-electron chi connectivity index (χ1n) is 13.6. The van der Waals surface area contributed by atoms with Crippen molar-refractivity contribution in [3.8, 4) is 5.75 Å². The summed E-state index contributed by atoms with van der Waals surface area (Å²) in [5.41, 5.74) is 1.96. The number of halogens is 1. The Hall–Kier alpha value is -3.65. The zero-order chi connectivity index (χ0) is 31.6. The van der Waals surface area contributed by atoms with Crippen molar-refractivity contribution in [2.45, 2.75) is 50.8 Å². The van der Waals surface area contributed by atoms with Crippen LogP contribution in [0.25, 0.3) is 0 Å². The second kappa shape index (κ2) is 11.5. The van der Waals surface area contributed by atoms with Gasteiger partial charge in [-0.05, 0) is 65.3 Å². The van der Waals surface area contributed by atoms with Crippen LogP contribution in [-0.4, -0.2) is 101 Å². The van der Waals surface area contributed by atoms with Crippen LogP contribution in [0.3, 0.4) is 0 Å². The molecule has 3 aliphatic rings. The van der Waals surface area contributed by atoms with Gasteiger partial charge in [-0.25, -0.2) is 0 Å². The molecule has 2 amide bonds. The summed E-state index contributed by atoms with van der Waals surface area (Å²) < 4.78 is 0. The smallest absolute Gasteiger partial charge is 0.255 e. The minimum Gasteiger partial charge on any atom is -0.510 e. The van der Waals surface area contributed by atoms with Gasteiger partial charge in [0.15, 0.2) is 17.1 Å². The van der Waals surface area contributed by atoms with Crippen molar-refractivity contribution in [1.82, 2.24) is 10.2 Å². The van der Waals surface area contributed by atoms with E-state index in [1.807, 2.05) is 20.8 Å². The quantitative estimate of drug-likeness (QED) is 0.176. The molecule has 0 spiro atoms. The number of likely N-dealkylation sites (N-methyl/N-ethyl adjacent to an activating group) is 1. The minimum absolute atomic E-state index is 0. The highest BCUT2D eigenvalue weighted by atomic mass is 35.5. The number of nitrogens with one attached hydrogen (secondary N) is 2. The molecule has 4 rings (SSSR count). The van der Waals surface area contributed by atoms with Gasteiger partial charge in [-0.15, -0.1) is 12.4 Å². The molecular weight excluding hydrogens is 582 g/mol. The van der Waals surface area contributed by atoms with Crippen LogP contribution >= 0.6 is 12.4 Å². The number of phenolic OH excluding ortho intramolecular Hbond substituents is 1. The van der Waals surface area contributed by atoms with Gasteiger partial charge in [0.2, 0.25) is 11.7 Å². The van der Waals surface area contributed by atoms with Crippen molar-refractivity contribution in [1.29, 1.82) is 0 Å². The first kappa shape index (κ1) is 33.8. The molecule has 4 atom stereocenters. The summed E-state index contributed by atoms with van der Waals surface area (Å²) in [4.78, 5) is 55.6. The number of Topliss-reactive ketones (excluding diaryl/α,β-unsaturated/α-hetero) is 2. The Labute approximate surface area is 255 Å². The zero-order valence-electron chi connectivity index (χ0n) is 25.2. The normalized spacial score (nSPS) is 25.1. The molecule has 0 radical (unpaired) electrons. The summed E-state index contributed by atoms with van der Waals surface area (Å²) in [5, 5.41) is 51.1. The molecule has 3 unspecified atom stereocenters. The number of aromatic hydroxyl groups is 1. The van der Waals surface area contributed by atoms with Crippen molar-refractivity contribution in [3.05, 3.63) is 39.9 Å². The van der Waals surface area contributed by atoms with E-state index < -0.39 is 69.7 Å². The fourth-order valence-corrected chi connectivity index (χ4v) is 6.33. The number of aliphatic hydroxyl groups excluding tert-OH is 2. The van der Waals surface area contributed by atoms with E-state index in [-0.39, 0.29) is 54.2 Å². The number of rotatable bonds is 6. The second-order valence-corrected chi connectivity index (χ2v) is 12.7. The van der Waals surface area contributed by atoms with Crippen LogP contribution in [-0.2, 0) is 20.8 Å². The summed E-state index contributed by atoms with van der Waals surface area (Å²) in [5.74, 6) is -7.79. The van der Waals surface area contributed by atoms with Gasteiger partial charge in [-0.1, -0.05) is 0 Å². The number of carbonyl (C=O) groups is 4. The molecule has 0 saturated carbocycles. The molecule has 1 aromatic rings. The fraction of sp³-hybridized carbons (Fsp3) is 0.517. The Morgan fingerprint density at radius 1 is 1.12 bits per heavy atom. The first-order chi connectivity index (χ1) is 19.3. The maximum Gasteiger partial charge on any atom is 0.255 e. The molecule has 0 saturated heterocycles. The van der Waals surface area contributed by atoms with E-state index in [0.717, 1.165) is 0 Å². The van der Waals surface area contributed by atoms with Crippen LogP contribution in [0.1, 0.15) is 43.1 Å². The van der Waals surface area contributed by atoms with E-state index >= 15 is 0 Å². The van der Waals surface area contributed by atoms with Gasteiger partial charge in [0, 0.05) is 36.8 Å². The predicted octanol–water partition coefficient (Wildman–Crippen LogP) is 0.935. The summed E-state index contributed by atoms with van der Waals surface area (Å²) in [6.07, 6.45) is 0.117. The number of amides is 2. The number of anilines is 2. The fourth-order valence-electron chi connectivity index (χ4n) is 6.33. The highest BCUT2D eigenvalue weighted by Crippen LogP contribution is 2.53. The molecule has 0 fully saturated rings. The first-order valence-corrected chi connectivity index (χ1v) is 13.6. The highest BCUT2D eigenvalue weighted by molar-refractivity contribution is 6.25. The third-order valence-electron chi connectivity index (χ3n) is 8.23. The molecular formula is C29H40ClN5O8. The molecule has 1 aromatic carbocycles. The number of phenols is 1. The van der Waals surface area contributed by atoms with Crippen LogP contribution in [0.4, 0.5) is 11.4 Å². The third-order valence-corrected chi connectivity index (χ3v) is 8.23. The number of carbonyl (C=O) groups excluding carboxylic acids is 4. The Balaban J connectivity index is 0.00000506. The van der Waals surface area contributed by atoms with Crippen LogP contribution in [0, 0.1) is 11.8 Å². The SMILES string of the molecule is CN(C)c1cc(NC(=O)CNC(C)(C)C)c(O)c2c1CC1CC3[C@H](N(C)C)C(O)=C(C(N)=O)C(=O)C3(O)C(O)=C1C2=O.Cl. The molecule has 0 bridgehead atoms. The molecule has 13 nitrogen and oxygen atoms in total. The number of nitrogens with zero attached hydrogens (tertiary/aromatic N) is 2. The van der Waals surface area contributed by atoms with Gasteiger partial charge < -0.3 is 41.7 Å². The van der Waals surface area contributed by atoms with Crippen molar-refractivity contribution < 1.29 is 39.6 Å². The van der Waals surface area contributed by atoms with Gasteiger partial charge in [-0.3, -0.25) is 24.1 Å². The van der Waals surface area contributed by atoms with Crippen LogP contribution in [0.5, 0.6) is 5.75 Å². The Morgan fingerprint density at radius 3 is 2.23 bits per heavy atom. The van der Waals surface area contributed by atoms with Gasteiger partial charge in [-0.2, -0.15) is 0 Å². The summed E-state index contributed by atoms with van der Waals surface area (Å²) in [7, 11) is 6.62. The third kappa shape index (κ3) is 5.46. The standard InChI is InChI=1S/C29H39N5O8.ClH/c1-28(2,3)31-11-17(35)32-15-10-16(33(4)5)13-8-12-9-14-21(34(6)7)24(38)20(27(30)41)26(40)29(14,42)25(39)18(12)23(37)19(13)22(15)36;/h10,12,14,21,31,36,38-39,42H,8-9,11H2,1-7H3,(H2,30,41)(H,32,35);1H/t12?,14?,21-,29?;/m0./s1. The molecule has 3 aliphatic carbocycles. The summed E-state index contributed by atoms with van der Waals surface area (Å²) in [6.45, 7) is 5.60. The van der Waals surface area contributed by atoms with E-state index in [0.29, 0.717) is 11.3 Å². The minimum atomic E-state index is -2.73. The zero-order valence-corrected chi connectivity index (χ0v) is 26.0. The Bertz CT molecular complexity index is 1460. The van der Waals surface area contributed by atoms with E-state index in [4.69, 9.17) is 5.73 Å². The lowest BCUT2D eigenvalue weighted by molar-refractivity contribution is -0.148. The average Bonchev–Trinajstić information content (AvgIpc) is 2.85. The van der Waals surface area contributed by atoms with Gasteiger partial charge in [0.1, 0.15) is 17.1 Å². The number of fused-ring (bicyclic) bond motifs is 3.